The van der Waals surface area contributed by atoms with Gasteiger partial charge in [-0.15, -0.1) is 0 Å². The molecule has 23 heavy (non-hydrogen) atoms. The molecular weight excluding hydrogens is 284 g/mol. The fourth-order valence-electron chi connectivity index (χ4n) is 4.23. The van der Waals surface area contributed by atoms with Crippen LogP contribution in [0, 0.1) is 5.41 Å². The lowest BCUT2D eigenvalue weighted by molar-refractivity contribution is -0.139. The van der Waals surface area contributed by atoms with Crippen molar-refractivity contribution < 1.29 is 4.79 Å². The molecule has 2 aliphatic rings. The van der Waals surface area contributed by atoms with E-state index in [1.54, 1.807) is 0 Å². The predicted octanol–water partition coefficient (Wildman–Crippen LogP) is 3.86. The molecule has 1 unspecified atom stereocenters. The van der Waals surface area contributed by atoms with Crippen molar-refractivity contribution >= 4 is 5.91 Å². The summed E-state index contributed by atoms with van der Waals surface area (Å²) in [6.45, 7) is 9.78. The van der Waals surface area contributed by atoms with E-state index in [1.165, 1.54) is 12.8 Å². The van der Waals surface area contributed by atoms with Crippen LogP contribution >= 0.6 is 0 Å². The minimum absolute atomic E-state index is 0.0957. The second-order valence-corrected chi connectivity index (χ2v) is 8.11. The molecule has 2 saturated heterocycles. The molecule has 0 bridgehead atoms. The van der Waals surface area contributed by atoms with Gasteiger partial charge in [0.25, 0.3) is 0 Å². The highest BCUT2D eigenvalue weighted by Crippen LogP contribution is 2.36. The lowest BCUT2D eigenvalue weighted by atomic mass is 9.85. The Bertz CT molecular complexity index is 528. The topological polar surface area (TPSA) is 23.6 Å². The summed E-state index contributed by atoms with van der Waals surface area (Å²) in [5.41, 5.74) is 1.30. The van der Waals surface area contributed by atoms with E-state index in [-0.39, 0.29) is 11.5 Å². The average molecular weight is 314 g/mol. The van der Waals surface area contributed by atoms with Crippen molar-refractivity contribution in [2.75, 3.05) is 19.6 Å². The van der Waals surface area contributed by atoms with Gasteiger partial charge >= 0.3 is 0 Å². The van der Waals surface area contributed by atoms with Gasteiger partial charge in [0.05, 0.1) is 0 Å². The Morgan fingerprint density at radius 2 is 1.70 bits per heavy atom. The molecule has 1 aromatic carbocycles. The molecule has 126 valence electrons. The maximum absolute atomic E-state index is 13.5. The Hall–Kier alpha value is -1.35. The van der Waals surface area contributed by atoms with Crippen LogP contribution in [0.25, 0.3) is 0 Å². The molecule has 1 amide bonds. The predicted molar refractivity (Wildman–Crippen MR) is 94.2 cm³/mol. The van der Waals surface area contributed by atoms with Crippen LogP contribution in [0.15, 0.2) is 30.3 Å². The van der Waals surface area contributed by atoms with Crippen molar-refractivity contribution in [1.29, 1.82) is 0 Å². The SMILES string of the molecule is CC(C)(C)C1CCCN1C(=O)[C@H](c1ccccc1)N1CCCC1. The summed E-state index contributed by atoms with van der Waals surface area (Å²) < 4.78 is 0. The van der Waals surface area contributed by atoms with Gasteiger partial charge in [-0.25, -0.2) is 0 Å². The van der Waals surface area contributed by atoms with E-state index in [2.05, 4.69) is 54.8 Å². The molecule has 2 aliphatic heterocycles. The van der Waals surface area contributed by atoms with E-state index in [0.717, 1.165) is 38.0 Å². The maximum Gasteiger partial charge on any atom is 0.244 e. The Labute approximate surface area is 140 Å². The van der Waals surface area contributed by atoms with Crippen LogP contribution in [0.2, 0.25) is 0 Å². The first kappa shape index (κ1) is 16.5. The zero-order valence-corrected chi connectivity index (χ0v) is 14.8. The highest BCUT2D eigenvalue weighted by atomic mass is 16.2. The fraction of sp³-hybridized carbons (Fsp3) is 0.650. The number of carbonyl (C=O) groups excluding carboxylic acids is 1. The van der Waals surface area contributed by atoms with E-state index < -0.39 is 0 Å². The van der Waals surface area contributed by atoms with E-state index in [0.29, 0.717) is 11.9 Å². The minimum Gasteiger partial charge on any atom is -0.338 e. The van der Waals surface area contributed by atoms with Gasteiger partial charge in [-0.2, -0.15) is 0 Å². The molecule has 0 spiro atoms. The first-order chi connectivity index (χ1) is 11.0. The van der Waals surface area contributed by atoms with E-state index in [9.17, 15) is 4.79 Å². The number of nitrogens with zero attached hydrogens (tertiary/aromatic N) is 2. The summed E-state index contributed by atoms with van der Waals surface area (Å²) in [5.74, 6) is 0.315. The van der Waals surface area contributed by atoms with Crippen LogP contribution in [0.5, 0.6) is 0 Å². The Balaban J connectivity index is 1.88. The van der Waals surface area contributed by atoms with Crippen molar-refractivity contribution in [1.82, 2.24) is 9.80 Å². The summed E-state index contributed by atoms with van der Waals surface area (Å²) in [6, 6.07) is 10.6. The molecule has 1 aromatic rings. The highest BCUT2D eigenvalue weighted by Gasteiger charge is 2.41. The molecule has 3 heteroatoms. The van der Waals surface area contributed by atoms with Gasteiger partial charge in [0.1, 0.15) is 6.04 Å². The molecule has 0 aliphatic carbocycles. The van der Waals surface area contributed by atoms with Crippen LogP contribution in [-0.4, -0.2) is 41.4 Å². The third-order valence-electron chi connectivity index (χ3n) is 5.39. The second kappa shape index (κ2) is 6.64. The number of likely N-dealkylation sites (tertiary alicyclic amines) is 2. The fourth-order valence-corrected chi connectivity index (χ4v) is 4.23. The summed E-state index contributed by atoms with van der Waals surface area (Å²) in [4.78, 5) is 18.0. The van der Waals surface area contributed by atoms with Crippen molar-refractivity contribution in [2.24, 2.45) is 5.41 Å². The number of carbonyl (C=O) groups is 1. The molecule has 2 atom stereocenters. The van der Waals surface area contributed by atoms with Crippen molar-refractivity contribution in [2.45, 2.75) is 58.5 Å². The molecule has 3 rings (SSSR count). The highest BCUT2D eigenvalue weighted by molar-refractivity contribution is 5.84. The summed E-state index contributed by atoms with van der Waals surface area (Å²) in [7, 11) is 0. The number of hydrogen-bond donors (Lipinski definition) is 0. The number of hydrogen-bond acceptors (Lipinski definition) is 2. The van der Waals surface area contributed by atoms with Crippen LogP contribution in [0.1, 0.15) is 58.1 Å². The van der Waals surface area contributed by atoms with Gasteiger partial charge in [0.15, 0.2) is 0 Å². The standard InChI is InChI=1S/C20H30N2O/c1-20(2,3)17-12-9-15-22(17)19(23)18(21-13-7-8-14-21)16-10-5-4-6-11-16/h4-6,10-11,17-18H,7-9,12-15H2,1-3H3/t17?,18-/m0/s1. The Morgan fingerprint density at radius 1 is 1.04 bits per heavy atom. The molecule has 2 fully saturated rings. The molecule has 0 aromatic heterocycles. The van der Waals surface area contributed by atoms with Crippen molar-refractivity contribution in [3.63, 3.8) is 0 Å². The van der Waals surface area contributed by atoms with E-state index >= 15 is 0 Å². The molecular formula is C20H30N2O. The van der Waals surface area contributed by atoms with Gasteiger partial charge in [-0.1, -0.05) is 51.1 Å². The quantitative estimate of drug-likeness (QED) is 0.846. The Kier molecular flexibility index (Phi) is 4.77. The summed E-state index contributed by atoms with van der Waals surface area (Å²) in [6.07, 6.45) is 4.69. The van der Waals surface area contributed by atoms with Gasteiger partial charge in [-0.3, -0.25) is 9.69 Å². The van der Waals surface area contributed by atoms with Crippen LogP contribution in [0.3, 0.4) is 0 Å². The number of rotatable bonds is 3. The lowest BCUT2D eigenvalue weighted by Gasteiger charge is -2.39. The maximum atomic E-state index is 13.5. The van der Waals surface area contributed by atoms with E-state index in [1.807, 2.05) is 6.07 Å². The smallest absolute Gasteiger partial charge is 0.244 e. The zero-order valence-electron chi connectivity index (χ0n) is 14.8. The lowest BCUT2D eigenvalue weighted by Crippen LogP contribution is -2.48. The van der Waals surface area contributed by atoms with Crippen LogP contribution in [-0.2, 0) is 4.79 Å². The minimum atomic E-state index is -0.0957. The summed E-state index contributed by atoms with van der Waals surface area (Å²) in [5, 5.41) is 0. The molecule has 0 N–H and O–H groups in total. The molecule has 3 nitrogen and oxygen atoms in total. The third kappa shape index (κ3) is 3.45. The molecule has 0 saturated carbocycles. The first-order valence-corrected chi connectivity index (χ1v) is 9.08. The van der Waals surface area contributed by atoms with Crippen molar-refractivity contribution in [3.05, 3.63) is 35.9 Å². The zero-order chi connectivity index (χ0) is 16.4. The average Bonchev–Trinajstić information content (AvgIpc) is 3.19. The van der Waals surface area contributed by atoms with Gasteiger partial charge in [0.2, 0.25) is 5.91 Å². The van der Waals surface area contributed by atoms with Crippen molar-refractivity contribution in [3.8, 4) is 0 Å². The summed E-state index contributed by atoms with van der Waals surface area (Å²) >= 11 is 0. The normalized spacial score (nSPS) is 24.1. The largest absolute Gasteiger partial charge is 0.338 e. The van der Waals surface area contributed by atoms with Gasteiger partial charge in [-0.05, 0) is 49.8 Å². The monoisotopic (exact) mass is 314 g/mol. The van der Waals surface area contributed by atoms with Gasteiger partial charge < -0.3 is 4.90 Å². The molecule has 2 heterocycles. The third-order valence-corrected chi connectivity index (χ3v) is 5.39. The second-order valence-electron chi connectivity index (χ2n) is 8.11. The Morgan fingerprint density at radius 3 is 2.30 bits per heavy atom. The first-order valence-electron chi connectivity index (χ1n) is 9.08. The van der Waals surface area contributed by atoms with Crippen LogP contribution in [0.4, 0.5) is 0 Å². The van der Waals surface area contributed by atoms with Gasteiger partial charge in [0, 0.05) is 12.6 Å². The van der Waals surface area contributed by atoms with E-state index in [4.69, 9.17) is 0 Å². The number of amides is 1. The van der Waals surface area contributed by atoms with Crippen LogP contribution < -0.4 is 0 Å². The number of benzene rings is 1. The molecule has 0 radical (unpaired) electrons.